The number of thioether (sulfide) groups is 1. The number of esters is 1. The van der Waals surface area contributed by atoms with Crippen molar-refractivity contribution < 1.29 is 23.9 Å². The Morgan fingerprint density at radius 1 is 1.05 bits per heavy atom. The van der Waals surface area contributed by atoms with Crippen LogP contribution in [0.5, 0.6) is 0 Å². The lowest BCUT2D eigenvalue weighted by Crippen LogP contribution is -2.31. The molecular weight excluding hydrogens is 610 g/mol. The number of ketones is 1. The molecule has 0 radical (unpaired) electrons. The zero-order chi connectivity index (χ0) is 30.7. The van der Waals surface area contributed by atoms with Crippen molar-refractivity contribution in [2.45, 2.75) is 16.7 Å². The van der Waals surface area contributed by atoms with E-state index in [0.717, 1.165) is 16.7 Å². The van der Waals surface area contributed by atoms with Crippen LogP contribution >= 0.6 is 34.7 Å². The number of thiophene rings is 1. The van der Waals surface area contributed by atoms with Gasteiger partial charge in [0.05, 0.1) is 22.1 Å². The third-order valence-electron chi connectivity index (χ3n) is 6.45. The Morgan fingerprint density at radius 3 is 2.35 bits per heavy atom. The minimum Gasteiger partial charge on any atom is -0.454 e. The third-order valence-corrected chi connectivity index (χ3v) is 8.55. The summed E-state index contributed by atoms with van der Waals surface area (Å²) in [7, 11) is 0. The molecule has 212 valence electrons. The molecule has 1 aliphatic heterocycles. The highest BCUT2D eigenvalue weighted by atomic mass is 35.5. The molecule has 2 aromatic heterocycles. The van der Waals surface area contributed by atoms with Crippen LogP contribution in [0.1, 0.15) is 38.3 Å². The number of nitrogen functional groups attached to an aromatic ring is 1. The summed E-state index contributed by atoms with van der Waals surface area (Å²) in [5, 5.41) is 22.9. The maximum Gasteiger partial charge on any atom is 0.338 e. The Hall–Kier alpha value is -5.01. The molecule has 1 saturated heterocycles. The van der Waals surface area contributed by atoms with E-state index in [2.05, 4.69) is 11.1 Å². The van der Waals surface area contributed by atoms with E-state index in [9.17, 15) is 29.7 Å². The Morgan fingerprint density at radius 2 is 1.72 bits per heavy atom. The maximum absolute atomic E-state index is 13.3. The van der Waals surface area contributed by atoms with Crippen molar-refractivity contribution in [1.29, 1.82) is 10.5 Å². The zero-order valence-corrected chi connectivity index (χ0v) is 24.3. The smallest absolute Gasteiger partial charge is 0.338 e. The molecule has 2 N–H and O–H groups in total. The van der Waals surface area contributed by atoms with E-state index < -0.39 is 35.4 Å². The fraction of sp³-hybridized carbons (Fsp3) is 0.100. The van der Waals surface area contributed by atoms with Crippen molar-refractivity contribution in [3.8, 4) is 23.3 Å². The van der Waals surface area contributed by atoms with Gasteiger partial charge in [0.1, 0.15) is 28.5 Å². The molecular formula is C30H18ClN5O5S2. The summed E-state index contributed by atoms with van der Waals surface area (Å²) >= 11 is 8.14. The first-order valence-corrected chi connectivity index (χ1v) is 14.7. The molecule has 43 heavy (non-hydrogen) atoms. The van der Waals surface area contributed by atoms with Gasteiger partial charge in [0.25, 0.3) is 0 Å². The van der Waals surface area contributed by atoms with Gasteiger partial charge in [-0.1, -0.05) is 23.4 Å². The van der Waals surface area contributed by atoms with Crippen molar-refractivity contribution in [2.24, 2.45) is 0 Å². The summed E-state index contributed by atoms with van der Waals surface area (Å²) in [5.74, 6) is -2.26. The van der Waals surface area contributed by atoms with Crippen LogP contribution in [0.2, 0.25) is 5.02 Å². The summed E-state index contributed by atoms with van der Waals surface area (Å²) in [6.45, 7) is -0.475. The lowest BCUT2D eigenvalue weighted by atomic mass is 9.99. The summed E-state index contributed by atoms with van der Waals surface area (Å²) in [6, 6.07) is 17.6. The number of anilines is 2. The number of nitriles is 2. The molecule has 1 atom stereocenters. The number of ether oxygens (including phenoxy) is 1. The van der Waals surface area contributed by atoms with E-state index in [0.29, 0.717) is 21.7 Å². The predicted octanol–water partition coefficient (Wildman–Crippen LogP) is 5.25. The lowest BCUT2D eigenvalue weighted by Gasteiger charge is -2.16. The Kier molecular flexibility index (Phi) is 8.55. The van der Waals surface area contributed by atoms with Gasteiger partial charge in [-0.25, -0.2) is 14.7 Å². The Bertz CT molecular complexity index is 1850. The number of rotatable bonds is 8. The van der Waals surface area contributed by atoms with E-state index in [1.54, 1.807) is 29.0 Å². The highest BCUT2D eigenvalue weighted by Gasteiger charge is 2.41. The summed E-state index contributed by atoms with van der Waals surface area (Å²) in [5.41, 5.74) is 7.84. The molecule has 0 aliphatic carbocycles. The van der Waals surface area contributed by atoms with E-state index in [-0.39, 0.29) is 39.6 Å². The molecule has 2 aromatic carbocycles. The molecule has 10 nitrogen and oxygen atoms in total. The van der Waals surface area contributed by atoms with Crippen LogP contribution in [0.25, 0.3) is 11.1 Å². The van der Waals surface area contributed by atoms with Crippen LogP contribution in [0.4, 0.5) is 11.5 Å². The van der Waals surface area contributed by atoms with Crippen molar-refractivity contribution in [3.05, 3.63) is 92.6 Å². The fourth-order valence-electron chi connectivity index (χ4n) is 4.36. The van der Waals surface area contributed by atoms with Crippen LogP contribution in [-0.2, 0) is 14.3 Å². The zero-order valence-electron chi connectivity index (χ0n) is 21.9. The second kappa shape index (κ2) is 12.5. The molecule has 13 heteroatoms. The highest BCUT2D eigenvalue weighted by molar-refractivity contribution is 8.00. The van der Waals surface area contributed by atoms with Gasteiger partial charge in [-0.15, -0.1) is 0 Å². The average molecular weight is 628 g/mol. The largest absolute Gasteiger partial charge is 0.454 e. The number of hydrogen-bond acceptors (Lipinski definition) is 11. The molecule has 1 fully saturated rings. The number of nitrogens with zero attached hydrogens (tertiary/aromatic N) is 4. The molecule has 4 aromatic rings. The summed E-state index contributed by atoms with van der Waals surface area (Å²) in [6.07, 6.45) is -0.166. The molecule has 0 spiro atoms. The summed E-state index contributed by atoms with van der Waals surface area (Å²) in [4.78, 5) is 56.2. The first-order valence-electron chi connectivity index (χ1n) is 12.5. The SMILES string of the molecule is N#Cc1c(N)nc(SC2CC(=O)N(c3ccc(C(=O)OCC(=O)c4ccc(Cl)cc4)cc3)C2=O)c(C#N)c1-c1ccsc1. The Labute approximate surface area is 258 Å². The molecule has 2 amide bonds. The van der Waals surface area contributed by atoms with E-state index >= 15 is 0 Å². The van der Waals surface area contributed by atoms with Gasteiger partial charge in [0.2, 0.25) is 11.8 Å². The quantitative estimate of drug-likeness (QED) is 0.155. The third kappa shape index (κ3) is 5.98. The van der Waals surface area contributed by atoms with Crippen LogP contribution in [-0.4, -0.2) is 40.4 Å². The number of Topliss-reactive ketones (excluding diaryl/α,β-unsaturated/α-hetero) is 1. The molecule has 0 saturated carbocycles. The number of aromatic nitrogens is 1. The molecule has 0 bridgehead atoms. The van der Waals surface area contributed by atoms with Gasteiger partial charge in [-0.3, -0.25) is 14.4 Å². The van der Waals surface area contributed by atoms with Gasteiger partial charge in [0.15, 0.2) is 12.4 Å². The van der Waals surface area contributed by atoms with Gasteiger partial charge in [-0.2, -0.15) is 21.9 Å². The number of carbonyl (C=O) groups is 4. The first kappa shape index (κ1) is 29.5. The maximum atomic E-state index is 13.3. The molecule has 5 rings (SSSR count). The van der Waals surface area contributed by atoms with Gasteiger partial charge in [-0.05, 0) is 70.9 Å². The topological polar surface area (TPSA) is 167 Å². The Balaban J connectivity index is 1.30. The number of pyridine rings is 1. The van der Waals surface area contributed by atoms with E-state index in [4.69, 9.17) is 22.1 Å². The number of amides is 2. The molecule has 1 unspecified atom stereocenters. The monoisotopic (exact) mass is 627 g/mol. The molecule has 3 heterocycles. The number of halogens is 1. The number of hydrogen-bond donors (Lipinski definition) is 1. The minimum atomic E-state index is -0.904. The standard InChI is InChI=1S/C30H18ClN5O5S2/c31-19-5-1-16(2-6-19)23(37)14-41-30(40)17-3-7-20(8-4-17)36-25(38)11-24(29(36)39)43-28-22(13-33)26(18-9-10-42-15-18)21(12-32)27(34)35-28/h1-10,15,24H,11,14H2,(H2,34,35). The van der Waals surface area contributed by atoms with Crippen LogP contribution in [0.3, 0.4) is 0 Å². The van der Waals surface area contributed by atoms with Crippen LogP contribution in [0.15, 0.2) is 70.4 Å². The average Bonchev–Trinajstić information content (AvgIpc) is 3.63. The number of nitrogens with two attached hydrogens (primary N) is 1. The fourth-order valence-corrected chi connectivity index (χ4v) is 6.25. The second-order valence-electron chi connectivity index (χ2n) is 9.09. The van der Waals surface area contributed by atoms with Gasteiger partial charge < -0.3 is 10.5 Å². The van der Waals surface area contributed by atoms with Gasteiger partial charge >= 0.3 is 5.97 Å². The number of imide groups is 1. The van der Waals surface area contributed by atoms with E-state index in [1.807, 2.05) is 6.07 Å². The second-order valence-corrected chi connectivity index (χ2v) is 11.5. The van der Waals surface area contributed by atoms with Crippen LogP contribution in [0, 0.1) is 22.7 Å². The summed E-state index contributed by atoms with van der Waals surface area (Å²) < 4.78 is 5.11. The van der Waals surface area contributed by atoms with E-state index in [1.165, 1.54) is 47.7 Å². The molecule has 1 aliphatic rings. The minimum absolute atomic E-state index is 0.0581. The predicted molar refractivity (Wildman–Crippen MR) is 161 cm³/mol. The van der Waals surface area contributed by atoms with Crippen LogP contribution < -0.4 is 10.6 Å². The van der Waals surface area contributed by atoms with Crippen molar-refractivity contribution >= 4 is 69.8 Å². The lowest BCUT2D eigenvalue weighted by molar-refractivity contribution is -0.121. The first-order chi connectivity index (χ1) is 20.7. The number of carbonyl (C=O) groups excluding carboxylic acids is 4. The van der Waals surface area contributed by atoms with Crippen molar-refractivity contribution in [2.75, 3.05) is 17.2 Å². The van der Waals surface area contributed by atoms with Crippen molar-refractivity contribution in [1.82, 2.24) is 4.98 Å². The normalized spacial score (nSPS) is 14.3. The number of benzene rings is 2. The highest BCUT2D eigenvalue weighted by Crippen LogP contribution is 2.40. The van der Waals surface area contributed by atoms with Gasteiger partial charge in [0, 0.05) is 22.6 Å². The van der Waals surface area contributed by atoms with Crippen molar-refractivity contribution in [3.63, 3.8) is 0 Å².